The monoisotopic (exact) mass is 310 g/mol. The number of rotatable bonds is 4. The Labute approximate surface area is 125 Å². The summed E-state index contributed by atoms with van der Waals surface area (Å²) in [5.41, 5.74) is 6.55. The number of nitrogen functional groups attached to an aromatic ring is 1. The van der Waals surface area contributed by atoms with Crippen molar-refractivity contribution in [3.05, 3.63) is 6.33 Å². The molecule has 0 aromatic carbocycles. The molecular formula is C12H18N6O4. The number of nitrogens with two attached hydrogens (primary N) is 1. The minimum absolute atomic E-state index is 0.203. The maximum absolute atomic E-state index is 10.2. The molecule has 1 fully saturated rings. The number of nitrogens with one attached hydrogen (secondary N) is 1. The van der Waals surface area contributed by atoms with Crippen molar-refractivity contribution in [2.75, 3.05) is 24.2 Å². The van der Waals surface area contributed by atoms with Crippen molar-refractivity contribution in [1.29, 1.82) is 0 Å². The Morgan fingerprint density at radius 2 is 2.14 bits per heavy atom. The molecule has 0 bridgehead atoms. The van der Waals surface area contributed by atoms with Crippen LogP contribution in [0.3, 0.4) is 0 Å². The molecule has 3 rings (SSSR count). The fourth-order valence-electron chi connectivity index (χ4n) is 2.54. The zero-order chi connectivity index (χ0) is 15.9. The van der Waals surface area contributed by atoms with Crippen LogP contribution < -0.4 is 11.1 Å². The van der Waals surface area contributed by atoms with Gasteiger partial charge in [-0.1, -0.05) is 0 Å². The normalized spacial score (nSPS) is 28.4. The number of hydrogen-bond donors (Lipinski definition) is 5. The largest absolute Gasteiger partial charge is 0.394 e. The molecule has 120 valence electrons. The zero-order valence-corrected chi connectivity index (χ0v) is 11.9. The van der Waals surface area contributed by atoms with E-state index in [9.17, 15) is 15.3 Å². The van der Waals surface area contributed by atoms with Gasteiger partial charge in [-0.05, 0) is 6.92 Å². The molecule has 22 heavy (non-hydrogen) atoms. The Balaban J connectivity index is 2.13. The van der Waals surface area contributed by atoms with Crippen LogP contribution in [0.15, 0.2) is 6.33 Å². The summed E-state index contributed by atoms with van der Waals surface area (Å²) < 4.78 is 7.06. The molecule has 0 radical (unpaired) electrons. The number of imidazole rings is 1. The summed E-state index contributed by atoms with van der Waals surface area (Å²) in [6, 6.07) is 0. The summed E-state index contributed by atoms with van der Waals surface area (Å²) in [6.07, 6.45) is -2.98. The number of aromatic nitrogens is 4. The van der Waals surface area contributed by atoms with E-state index < -0.39 is 31.1 Å². The second-order valence-electron chi connectivity index (χ2n) is 5.00. The van der Waals surface area contributed by atoms with Crippen LogP contribution in [0.2, 0.25) is 0 Å². The molecule has 0 spiro atoms. The van der Waals surface area contributed by atoms with Gasteiger partial charge in [0.15, 0.2) is 23.2 Å². The first-order chi connectivity index (χ1) is 10.6. The van der Waals surface area contributed by atoms with Gasteiger partial charge in [-0.2, -0.15) is 0 Å². The molecule has 2 aromatic rings. The average Bonchev–Trinajstić information content (AvgIpc) is 3.00. The summed E-state index contributed by atoms with van der Waals surface area (Å²) >= 11 is 0. The van der Waals surface area contributed by atoms with Crippen LogP contribution in [0.25, 0.3) is 11.2 Å². The molecule has 1 saturated heterocycles. The Kier molecular flexibility index (Phi) is 3.83. The van der Waals surface area contributed by atoms with E-state index in [0.717, 1.165) is 0 Å². The number of aliphatic hydroxyl groups is 3. The van der Waals surface area contributed by atoms with Gasteiger partial charge in [0.05, 0.1) is 6.61 Å². The lowest BCUT2D eigenvalue weighted by Crippen LogP contribution is -2.33. The third-order valence-electron chi connectivity index (χ3n) is 3.61. The van der Waals surface area contributed by atoms with Crippen LogP contribution in [0.4, 0.5) is 11.8 Å². The Bertz CT molecular complexity index is 677. The standard InChI is InChI=1S/C12H18N6O4/c1-2-14-12-17-6-9(13)15-4-16-10(6)18(12)11-8(21)7(20)5(3-19)22-11/h4-5,7-8,11,19-21H,2-3H2,1H3,(H,14,17)(H2,13,15,16)/t5-,7?,8?,11-/m1/s1. The molecule has 0 saturated carbocycles. The SMILES string of the molecule is CCNc1nc2c(N)ncnc2n1[C@@H]1O[C@H](CO)C(O)C1O. The molecule has 10 nitrogen and oxygen atoms in total. The molecule has 6 N–H and O–H groups in total. The van der Waals surface area contributed by atoms with Crippen LogP contribution in [0.1, 0.15) is 13.2 Å². The molecule has 10 heteroatoms. The summed E-state index contributed by atoms with van der Waals surface area (Å²) in [4.78, 5) is 12.3. The van der Waals surface area contributed by atoms with E-state index in [-0.39, 0.29) is 5.82 Å². The van der Waals surface area contributed by atoms with Crippen molar-refractivity contribution in [1.82, 2.24) is 19.5 Å². The van der Waals surface area contributed by atoms with Crippen molar-refractivity contribution < 1.29 is 20.1 Å². The zero-order valence-electron chi connectivity index (χ0n) is 11.9. The topological polar surface area (TPSA) is 152 Å². The second-order valence-corrected chi connectivity index (χ2v) is 5.00. The maximum atomic E-state index is 10.2. The van der Waals surface area contributed by atoms with E-state index >= 15 is 0 Å². The quantitative estimate of drug-likeness (QED) is 0.452. The van der Waals surface area contributed by atoms with Crippen molar-refractivity contribution in [3.63, 3.8) is 0 Å². The number of anilines is 2. The third kappa shape index (κ3) is 2.16. The van der Waals surface area contributed by atoms with Crippen molar-refractivity contribution in [3.8, 4) is 0 Å². The van der Waals surface area contributed by atoms with Crippen molar-refractivity contribution in [2.24, 2.45) is 0 Å². The highest BCUT2D eigenvalue weighted by atomic mass is 16.6. The molecule has 1 aliphatic heterocycles. The molecule has 1 aliphatic rings. The molecule has 0 amide bonds. The molecule has 4 atom stereocenters. The number of ether oxygens (including phenoxy) is 1. The van der Waals surface area contributed by atoms with E-state index in [1.54, 1.807) is 0 Å². The van der Waals surface area contributed by atoms with Crippen molar-refractivity contribution in [2.45, 2.75) is 31.5 Å². The summed E-state index contributed by atoms with van der Waals surface area (Å²) in [6.45, 7) is 2.05. The highest BCUT2D eigenvalue weighted by Gasteiger charge is 2.45. The number of fused-ring (bicyclic) bond motifs is 1. The lowest BCUT2D eigenvalue weighted by atomic mass is 10.1. The Morgan fingerprint density at radius 3 is 2.77 bits per heavy atom. The van der Waals surface area contributed by atoms with Gasteiger partial charge in [0.2, 0.25) is 5.95 Å². The summed E-state index contributed by atoms with van der Waals surface area (Å²) in [7, 11) is 0. The van der Waals surface area contributed by atoms with Gasteiger partial charge >= 0.3 is 0 Å². The van der Waals surface area contributed by atoms with Gasteiger partial charge in [-0.25, -0.2) is 15.0 Å². The fourth-order valence-corrected chi connectivity index (χ4v) is 2.54. The van der Waals surface area contributed by atoms with Crippen LogP contribution in [-0.4, -0.2) is 66.3 Å². The predicted octanol–water partition coefficient (Wildman–Crippen LogP) is -1.55. The van der Waals surface area contributed by atoms with E-state index in [2.05, 4.69) is 20.3 Å². The predicted molar refractivity (Wildman–Crippen MR) is 76.9 cm³/mol. The van der Waals surface area contributed by atoms with Gasteiger partial charge in [0.25, 0.3) is 0 Å². The number of nitrogens with zero attached hydrogens (tertiary/aromatic N) is 4. The number of aliphatic hydroxyl groups excluding tert-OH is 3. The van der Waals surface area contributed by atoms with Gasteiger partial charge in [0.1, 0.15) is 24.6 Å². The highest BCUT2D eigenvalue weighted by Crippen LogP contribution is 2.34. The molecule has 2 unspecified atom stereocenters. The minimum atomic E-state index is -1.23. The van der Waals surface area contributed by atoms with Crippen LogP contribution in [0.5, 0.6) is 0 Å². The average molecular weight is 310 g/mol. The molecular weight excluding hydrogens is 292 g/mol. The second kappa shape index (κ2) is 5.65. The Morgan fingerprint density at radius 1 is 1.36 bits per heavy atom. The summed E-state index contributed by atoms with van der Waals surface area (Å²) in [5, 5.41) is 32.4. The first-order valence-electron chi connectivity index (χ1n) is 6.93. The molecule has 3 heterocycles. The van der Waals surface area contributed by atoms with Gasteiger partial charge in [-0.15, -0.1) is 0 Å². The maximum Gasteiger partial charge on any atom is 0.207 e. The first kappa shape index (κ1) is 14.9. The van der Waals surface area contributed by atoms with Crippen molar-refractivity contribution >= 4 is 22.9 Å². The van der Waals surface area contributed by atoms with Crippen LogP contribution in [0, 0.1) is 0 Å². The molecule has 0 aliphatic carbocycles. The lowest BCUT2D eigenvalue weighted by Gasteiger charge is -2.19. The van der Waals surface area contributed by atoms with Crippen LogP contribution in [-0.2, 0) is 4.74 Å². The fraction of sp³-hybridized carbons (Fsp3) is 0.583. The molecule has 2 aromatic heterocycles. The lowest BCUT2D eigenvalue weighted by molar-refractivity contribution is -0.0501. The van der Waals surface area contributed by atoms with Gasteiger partial charge in [-0.3, -0.25) is 4.57 Å². The van der Waals surface area contributed by atoms with E-state index in [1.165, 1.54) is 10.9 Å². The van der Waals surface area contributed by atoms with E-state index in [4.69, 9.17) is 10.5 Å². The van der Waals surface area contributed by atoms with Crippen LogP contribution >= 0.6 is 0 Å². The highest BCUT2D eigenvalue weighted by molar-refractivity contribution is 5.84. The van der Waals surface area contributed by atoms with E-state index in [0.29, 0.717) is 23.7 Å². The Hall–Kier alpha value is -2.01. The first-order valence-corrected chi connectivity index (χ1v) is 6.93. The third-order valence-corrected chi connectivity index (χ3v) is 3.61. The van der Waals surface area contributed by atoms with Gasteiger partial charge in [0, 0.05) is 6.54 Å². The smallest absolute Gasteiger partial charge is 0.207 e. The number of hydrogen-bond acceptors (Lipinski definition) is 9. The van der Waals surface area contributed by atoms with Gasteiger partial charge < -0.3 is 31.1 Å². The summed E-state index contributed by atoms with van der Waals surface area (Å²) in [5.74, 6) is 0.592. The van der Waals surface area contributed by atoms with E-state index in [1.807, 2.05) is 6.92 Å². The minimum Gasteiger partial charge on any atom is -0.394 e.